The van der Waals surface area contributed by atoms with Gasteiger partial charge in [0.15, 0.2) is 0 Å². The molecule has 0 bridgehead atoms. The zero-order valence-electron chi connectivity index (χ0n) is 15.4. The van der Waals surface area contributed by atoms with Gasteiger partial charge in [-0.1, -0.05) is 27.7 Å². The topological polar surface area (TPSA) is 149 Å². The molecule has 0 amide bonds. The van der Waals surface area contributed by atoms with Crippen molar-refractivity contribution in [3.8, 4) is 0 Å². The molecule has 0 aromatic carbocycles. The smallest absolute Gasteiger partial charge is 0.303 e. The van der Waals surface area contributed by atoms with Gasteiger partial charge in [-0.25, -0.2) is 0 Å². The molecule has 0 saturated carbocycles. The fraction of sp³-hybridized carbons (Fsp3) is 0.765. The van der Waals surface area contributed by atoms with Crippen molar-refractivity contribution in [3.63, 3.8) is 0 Å². The Hall–Kier alpha value is -2.12. The summed E-state index contributed by atoms with van der Waals surface area (Å²) < 4.78 is 0. The van der Waals surface area contributed by atoms with E-state index in [2.05, 4.69) is 0 Å². The van der Waals surface area contributed by atoms with Gasteiger partial charge in [0.25, 0.3) is 0 Å². The number of hydrogen-bond acceptors (Lipinski definition) is 4. The highest BCUT2D eigenvalue weighted by Gasteiger charge is 2.31. The van der Waals surface area contributed by atoms with E-state index < -0.39 is 34.7 Å². The second-order valence-electron chi connectivity index (χ2n) is 6.65. The lowest BCUT2D eigenvalue weighted by Gasteiger charge is -2.27. The third-order valence-corrected chi connectivity index (χ3v) is 4.56. The van der Waals surface area contributed by atoms with Crippen molar-refractivity contribution in [3.05, 3.63) is 0 Å². The molecule has 0 unspecified atom stereocenters. The maximum Gasteiger partial charge on any atom is 0.303 e. The van der Waals surface area contributed by atoms with Crippen LogP contribution in [-0.4, -0.2) is 44.3 Å². The normalized spacial score (nSPS) is 11.2. The Balaban J connectivity index is 0. The van der Waals surface area contributed by atoms with Crippen LogP contribution in [0.4, 0.5) is 0 Å². The van der Waals surface area contributed by atoms with Crippen LogP contribution in [0.2, 0.25) is 0 Å². The predicted octanol–water partition coefficient (Wildman–Crippen LogP) is 3.09. The van der Waals surface area contributed by atoms with Crippen molar-refractivity contribution in [2.24, 2.45) is 10.8 Å². The van der Waals surface area contributed by atoms with E-state index in [0.29, 0.717) is 19.3 Å². The fourth-order valence-corrected chi connectivity index (χ4v) is 2.50. The summed E-state index contributed by atoms with van der Waals surface area (Å²) in [7, 11) is 0. The molecule has 146 valence electrons. The summed E-state index contributed by atoms with van der Waals surface area (Å²) in [5.74, 6) is -3.74. The van der Waals surface area contributed by atoms with Crippen LogP contribution < -0.4 is 0 Å². The Kier molecular flexibility index (Phi) is 11.5. The Morgan fingerprint density at radius 2 is 0.880 bits per heavy atom. The first kappa shape index (κ1) is 25.1. The molecule has 0 aliphatic rings. The fourth-order valence-electron chi connectivity index (χ4n) is 2.50. The van der Waals surface area contributed by atoms with Crippen molar-refractivity contribution < 1.29 is 39.6 Å². The summed E-state index contributed by atoms with van der Waals surface area (Å²) in [6.45, 7) is 7.13. The van der Waals surface area contributed by atoms with Gasteiger partial charge in [0, 0.05) is 0 Å². The molecule has 0 rings (SSSR count). The number of aliphatic carboxylic acids is 4. The molecule has 0 aromatic rings. The monoisotopic (exact) mass is 362 g/mol. The second-order valence-corrected chi connectivity index (χ2v) is 6.65. The number of rotatable bonds is 11. The quantitative estimate of drug-likeness (QED) is 0.438. The van der Waals surface area contributed by atoms with Crippen LogP contribution in [-0.2, 0) is 19.2 Å². The summed E-state index contributed by atoms with van der Waals surface area (Å²) in [5.41, 5.74) is -1.19. The summed E-state index contributed by atoms with van der Waals surface area (Å²) in [6.07, 6.45) is 1.43. The number of carboxylic acids is 4. The van der Waals surface area contributed by atoms with E-state index in [1.54, 1.807) is 13.8 Å². The average molecular weight is 362 g/mol. The van der Waals surface area contributed by atoms with Crippen molar-refractivity contribution in [1.29, 1.82) is 0 Å². The molecule has 4 N–H and O–H groups in total. The Bertz CT molecular complexity index is 431. The summed E-state index contributed by atoms with van der Waals surface area (Å²) >= 11 is 0. The van der Waals surface area contributed by atoms with E-state index in [1.807, 2.05) is 13.8 Å². The van der Waals surface area contributed by atoms with Crippen LogP contribution in [0.3, 0.4) is 0 Å². The van der Waals surface area contributed by atoms with Crippen LogP contribution in [0.25, 0.3) is 0 Å². The first-order chi connectivity index (χ1) is 11.3. The van der Waals surface area contributed by atoms with Crippen LogP contribution >= 0.6 is 0 Å². The summed E-state index contributed by atoms with van der Waals surface area (Å²) in [4.78, 5) is 41.8. The van der Waals surface area contributed by atoms with Crippen LogP contribution in [0.5, 0.6) is 0 Å². The zero-order chi connectivity index (χ0) is 20.3. The highest BCUT2D eigenvalue weighted by molar-refractivity contribution is 5.72. The first-order valence-electron chi connectivity index (χ1n) is 8.22. The second kappa shape index (κ2) is 11.4. The summed E-state index contributed by atoms with van der Waals surface area (Å²) in [5, 5.41) is 34.3. The third kappa shape index (κ3) is 12.0. The lowest BCUT2D eigenvalue weighted by Crippen LogP contribution is -2.26. The number of hydrogen-bond donors (Lipinski definition) is 4. The minimum atomic E-state index is -0.944. The van der Waals surface area contributed by atoms with Gasteiger partial charge in [0.2, 0.25) is 0 Å². The lowest BCUT2D eigenvalue weighted by atomic mass is 9.76. The molecular weight excluding hydrogens is 332 g/mol. The van der Waals surface area contributed by atoms with Crippen LogP contribution in [0.1, 0.15) is 72.6 Å². The SMILES string of the molecule is CCC(C)(CC(=O)O)CC(=O)O.CCC(CC)(CC(=O)O)CC(=O)O. The van der Waals surface area contributed by atoms with Gasteiger partial charge in [-0.05, 0) is 30.1 Å². The number of carbonyl (C=O) groups is 4. The molecule has 8 heteroatoms. The molecule has 0 radical (unpaired) electrons. The van der Waals surface area contributed by atoms with Gasteiger partial charge in [-0.15, -0.1) is 0 Å². The van der Waals surface area contributed by atoms with E-state index in [0.717, 1.165) is 0 Å². The zero-order valence-corrected chi connectivity index (χ0v) is 15.4. The largest absolute Gasteiger partial charge is 0.481 e. The Morgan fingerprint density at radius 3 is 1.04 bits per heavy atom. The molecule has 0 aliphatic heterocycles. The maximum atomic E-state index is 10.5. The van der Waals surface area contributed by atoms with Crippen LogP contribution in [0.15, 0.2) is 0 Å². The van der Waals surface area contributed by atoms with Gasteiger partial charge >= 0.3 is 23.9 Å². The van der Waals surface area contributed by atoms with Crippen molar-refractivity contribution in [2.45, 2.75) is 72.6 Å². The van der Waals surface area contributed by atoms with Crippen molar-refractivity contribution >= 4 is 23.9 Å². The van der Waals surface area contributed by atoms with E-state index in [-0.39, 0.29) is 25.7 Å². The molecule has 0 spiro atoms. The summed E-state index contributed by atoms with van der Waals surface area (Å²) in [6, 6.07) is 0. The number of carboxylic acid groups (broad SMARTS) is 4. The Morgan fingerprint density at radius 1 is 0.600 bits per heavy atom. The molecule has 0 heterocycles. The molecule has 25 heavy (non-hydrogen) atoms. The van der Waals surface area contributed by atoms with E-state index in [4.69, 9.17) is 20.4 Å². The first-order valence-corrected chi connectivity index (χ1v) is 8.22. The van der Waals surface area contributed by atoms with Gasteiger partial charge in [-0.2, -0.15) is 0 Å². The molecule has 0 aliphatic carbocycles. The molecule has 0 aromatic heterocycles. The highest BCUT2D eigenvalue weighted by Crippen LogP contribution is 2.34. The molecule has 0 atom stereocenters. The van der Waals surface area contributed by atoms with E-state index in [9.17, 15) is 19.2 Å². The van der Waals surface area contributed by atoms with Crippen molar-refractivity contribution in [2.75, 3.05) is 0 Å². The molecule has 8 nitrogen and oxygen atoms in total. The standard InChI is InChI=1S/C9H16O4.C8H14O4/c1-3-9(4-2,5-7(10)11)6-8(12)13;1-3-8(2,4-6(9)10)5-7(11)12/h3-6H2,1-2H3,(H,10,11)(H,12,13);3-5H2,1-2H3,(H,9,10)(H,11,12). The van der Waals surface area contributed by atoms with Gasteiger partial charge in [0.05, 0.1) is 25.7 Å². The maximum absolute atomic E-state index is 10.5. The van der Waals surface area contributed by atoms with Gasteiger partial charge in [0.1, 0.15) is 0 Å². The average Bonchev–Trinajstić information content (AvgIpc) is 2.44. The molecule has 0 fully saturated rings. The van der Waals surface area contributed by atoms with E-state index in [1.165, 1.54) is 0 Å². The van der Waals surface area contributed by atoms with Crippen LogP contribution in [0, 0.1) is 10.8 Å². The van der Waals surface area contributed by atoms with E-state index >= 15 is 0 Å². The molecule has 0 saturated heterocycles. The minimum Gasteiger partial charge on any atom is -0.481 e. The lowest BCUT2D eigenvalue weighted by molar-refractivity contribution is -0.145. The highest BCUT2D eigenvalue weighted by atomic mass is 16.4. The van der Waals surface area contributed by atoms with Crippen molar-refractivity contribution in [1.82, 2.24) is 0 Å². The van der Waals surface area contributed by atoms with Gasteiger partial charge < -0.3 is 20.4 Å². The third-order valence-electron chi connectivity index (χ3n) is 4.56. The minimum absolute atomic E-state index is 0.0632. The predicted molar refractivity (Wildman–Crippen MR) is 90.4 cm³/mol. The Labute approximate surface area is 147 Å². The molecular formula is C17H30O8. The van der Waals surface area contributed by atoms with Gasteiger partial charge in [-0.3, -0.25) is 19.2 Å².